The lowest BCUT2D eigenvalue weighted by atomic mass is 10.0. The van der Waals surface area contributed by atoms with Crippen LogP contribution >= 0.6 is 0 Å². The second-order valence-corrected chi connectivity index (χ2v) is 5.97. The van der Waals surface area contributed by atoms with Gasteiger partial charge >= 0.3 is 0 Å². The van der Waals surface area contributed by atoms with E-state index in [1.165, 1.54) is 38.9 Å². The molecule has 0 aromatic rings. The maximum atomic E-state index is 5.67. The molecule has 1 N–H and O–H groups in total. The summed E-state index contributed by atoms with van der Waals surface area (Å²) in [6.07, 6.45) is 4.26. The highest BCUT2D eigenvalue weighted by atomic mass is 16.5. The normalized spacial score (nSPS) is 41.1. The molecule has 3 heteroatoms. The molecule has 0 amide bonds. The van der Waals surface area contributed by atoms with Crippen LogP contribution in [0.25, 0.3) is 0 Å². The van der Waals surface area contributed by atoms with Crippen molar-refractivity contribution in [2.75, 3.05) is 26.2 Å². The zero-order valence-electron chi connectivity index (χ0n) is 11.6. The van der Waals surface area contributed by atoms with E-state index in [1.54, 1.807) is 0 Å². The van der Waals surface area contributed by atoms with Gasteiger partial charge in [0.2, 0.25) is 0 Å². The van der Waals surface area contributed by atoms with Crippen LogP contribution < -0.4 is 5.32 Å². The second kappa shape index (κ2) is 6.17. The van der Waals surface area contributed by atoms with Gasteiger partial charge < -0.3 is 15.0 Å². The van der Waals surface area contributed by atoms with Crippen LogP contribution in [0.4, 0.5) is 0 Å². The monoisotopic (exact) mass is 240 g/mol. The first kappa shape index (κ1) is 13.3. The van der Waals surface area contributed by atoms with Crippen LogP contribution in [0, 0.1) is 5.92 Å². The Morgan fingerprint density at radius 2 is 1.71 bits per heavy atom. The van der Waals surface area contributed by atoms with Crippen LogP contribution in [0.15, 0.2) is 0 Å². The van der Waals surface area contributed by atoms with E-state index in [1.807, 2.05) is 0 Å². The third-order valence-corrected chi connectivity index (χ3v) is 4.35. The standard InChI is InChI=1S/C14H28N2O/c1-11-4-7-16(8-5-12(2)15-11)10-14-6-9-17-13(14)3/h11-15H,4-10H2,1-3H3. The molecular formula is C14H28N2O. The summed E-state index contributed by atoms with van der Waals surface area (Å²) in [6.45, 7) is 11.5. The van der Waals surface area contributed by atoms with Gasteiger partial charge in [-0.15, -0.1) is 0 Å². The highest BCUT2D eigenvalue weighted by Crippen LogP contribution is 2.22. The molecule has 0 bridgehead atoms. The van der Waals surface area contributed by atoms with Crippen LogP contribution in [0.2, 0.25) is 0 Å². The number of rotatable bonds is 2. The summed E-state index contributed by atoms with van der Waals surface area (Å²) in [6, 6.07) is 1.31. The molecule has 100 valence electrons. The molecule has 0 aromatic carbocycles. The minimum absolute atomic E-state index is 0.466. The molecule has 2 fully saturated rings. The van der Waals surface area contributed by atoms with Crippen molar-refractivity contribution in [3.05, 3.63) is 0 Å². The van der Waals surface area contributed by atoms with Crippen LogP contribution in [-0.2, 0) is 4.74 Å². The van der Waals surface area contributed by atoms with Gasteiger partial charge in [-0.2, -0.15) is 0 Å². The number of ether oxygens (including phenoxy) is 1. The number of hydrogen-bond donors (Lipinski definition) is 1. The lowest BCUT2D eigenvalue weighted by Crippen LogP contribution is -2.44. The Morgan fingerprint density at radius 1 is 1.06 bits per heavy atom. The average molecular weight is 240 g/mol. The maximum Gasteiger partial charge on any atom is 0.0588 e. The summed E-state index contributed by atoms with van der Waals surface area (Å²) in [5.41, 5.74) is 0. The van der Waals surface area contributed by atoms with Crippen molar-refractivity contribution >= 4 is 0 Å². The van der Waals surface area contributed by atoms with Crippen molar-refractivity contribution in [2.24, 2.45) is 5.92 Å². The Morgan fingerprint density at radius 3 is 2.24 bits per heavy atom. The third-order valence-electron chi connectivity index (χ3n) is 4.35. The van der Waals surface area contributed by atoms with Gasteiger partial charge in [-0.25, -0.2) is 0 Å². The van der Waals surface area contributed by atoms with Gasteiger partial charge in [0.25, 0.3) is 0 Å². The fraction of sp³-hybridized carbons (Fsp3) is 1.00. The number of nitrogens with one attached hydrogen (secondary N) is 1. The van der Waals surface area contributed by atoms with Crippen molar-refractivity contribution in [1.29, 1.82) is 0 Å². The predicted molar refractivity (Wildman–Crippen MR) is 71.3 cm³/mol. The molecule has 0 aromatic heterocycles. The first-order valence-electron chi connectivity index (χ1n) is 7.25. The quantitative estimate of drug-likeness (QED) is 0.797. The molecule has 0 radical (unpaired) electrons. The maximum absolute atomic E-state index is 5.67. The number of nitrogens with zero attached hydrogens (tertiary/aromatic N) is 1. The van der Waals surface area contributed by atoms with E-state index in [0.29, 0.717) is 18.2 Å². The Kier molecular flexibility index (Phi) is 4.83. The smallest absolute Gasteiger partial charge is 0.0588 e. The van der Waals surface area contributed by atoms with Gasteiger partial charge in [0.1, 0.15) is 0 Å². The summed E-state index contributed by atoms with van der Waals surface area (Å²) < 4.78 is 5.67. The summed E-state index contributed by atoms with van der Waals surface area (Å²) >= 11 is 0. The second-order valence-electron chi connectivity index (χ2n) is 5.97. The van der Waals surface area contributed by atoms with Gasteiger partial charge in [0.15, 0.2) is 0 Å². The molecule has 2 heterocycles. The highest BCUT2D eigenvalue weighted by Gasteiger charge is 2.27. The summed E-state index contributed by atoms with van der Waals surface area (Å²) in [4.78, 5) is 2.66. The van der Waals surface area contributed by atoms with E-state index in [9.17, 15) is 0 Å². The Hall–Kier alpha value is -0.120. The SMILES string of the molecule is CC1CCN(CC2CCOC2C)CCC(C)N1. The summed E-state index contributed by atoms with van der Waals surface area (Å²) in [5, 5.41) is 3.65. The molecule has 2 aliphatic rings. The van der Waals surface area contributed by atoms with Gasteiger partial charge in [0, 0.05) is 25.2 Å². The van der Waals surface area contributed by atoms with Crippen LogP contribution in [0.3, 0.4) is 0 Å². The Balaban J connectivity index is 1.82. The van der Waals surface area contributed by atoms with E-state index >= 15 is 0 Å². The molecule has 2 aliphatic heterocycles. The van der Waals surface area contributed by atoms with Crippen molar-refractivity contribution in [3.8, 4) is 0 Å². The zero-order chi connectivity index (χ0) is 12.3. The van der Waals surface area contributed by atoms with E-state index in [-0.39, 0.29) is 0 Å². The van der Waals surface area contributed by atoms with E-state index in [0.717, 1.165) is 12.5 Å². The van der Waals surface area contributed by atoms with Crippen molar-refractivity contribution in [2.45, 2.75) is 58.2 Å². The molecule has 0 spiro atoms. The number of hydrogen-bond acceptors (Lipinski definition) is 3. The lowest BCUT2D eigenvalue weighted by Gasteiger charge is -2.32. The highest BCUT2D eigenvalue weighted by molar-refractivity contribution is 4.80. The van der Waals surface area contributed by atoms with Crippen molar-refractivity contribution < 1.29 is 4.74 Å². The molecule has 3 nitrogen and oxygen atoms in total. The molecular weight excluding hydrogens is 212 g/mol. The van der Waals surface area contributed by atoms with Gasteiger partial charge in [0.05, 0.1) is 6.10 Å². The Labute approximate surface area is 106 Å². The van der Waals surface area contributed by atoms with E-state index < -0.39 is 0 Å². The first-order valence-corrected chi connectivity index (χ1v) is 7.25. The molecule has 2 saturated heterocycles. The fourth-order valence-corrected chi connectivity index (χ4v) is 3.05. The average Bonchev–Trinajstić information content (AvgIpc) is 2.66. The zero-order valence-corrected chi connectivity index (χ0v) is 11.6. The molecule has 0 saturated carbocycles. The van der Waals surface area contributed by atoms with Gasteiger partial charge in [-0.05, 0) is 59.0 Å². The fourth-order valence-electron chi connectivity index (χ4n) is 3.05. The summed E-state index contributed by atoms with van der Waals surface area (Å²) in [7, 11) is 0. The largest absolute Gasteiger partial charge is 0.378 e. The van der Waals surface area contributed by atoms with Gasteiger partial charge in [-0.1, -0.05) is 0 Å². The molecule has 2 rings (SSSR count). The Bertz CT molecular complexity index is 222. The minimum Gasteiger partial charge on any atom is -0.378 e. The van der Waals surface area contributed by atoms with Crippen molar-refractivity contribution in [1.82, 2.24) is 10.2 Å². The van der Waals surface area contributed by atoms with E-state index in [2.05, 4.69) is 31.0 Å². The van der Waals surface area contributed by atoms with E-state index in [4.69, 9.17) is 4.74 Å². The van der Waals surface area contributed by atoms with Crippen molar-refractivity contribution in [3.63, 3.8) is 0 Å². The summed E-state index contributed by atoms with van der Waals surface area (Å²) in [5.74, 6) is 0.757. The molecule has 4 atom stereocenters. The first-order chi connectivity index (χ1) is 8.15. The molecule has 4 unspecified atom stereocenters. The predicted octanol–water partition coefficient (Wildman–Crippen LogP) is 1.87. The van der Waals surface area contributed by atoms with Crippen LogP contribution in [0.5, 0.6) is 0 Å². The molecule has 17 heavy (non-hydrogen) atoms. The molecule has 0 aliphatic carbocycles. The van der Waals surface area contributed by atoms with Gasteiger partial charge in [-0.3, -0.25) is 0 Å². The minimum atomic E-state index is 0.466. The topological polar surface area (TPSA) is 24.5 Å². The third kappa shape index (κ3) is 3.94. The lowest BCUT2D eigenvalue weighted by molar-refractivity contribution is 0.0894. The van der Waals surface area contributed by atoms with Crippen LogP contribution in [0.1, 0.15) is 40.0 Å². The van der Waals surface area contributed by atoms with Crippen LogP contribution in [-0.4, -0.2) is 49.3 Å².